The molecular formula is C18H22N2. The van der Waals surface area contributed by atoms with Crippen LogP contribution in [0.5, 0.6) is 0 Å². The molecule has 2 nitrogen and oxygen atoms in total. The van der Waals surface area contributed by atoms with Crippen molar-refractivity contribution in [3.63, 3.8) is 0 Å². The Morgan fingerprint density at radius 2 is 1.95 bits per heavy atom. The molecule has 0 aliphatic heterocycles. The van der Waals surface area contributed by atoms with E-state index in [-0.39, 0.29) is 11.5 Å². The lowest BCUT2D eigenvalue weighted by molar-refractivity contribution is 0.193. The van der Waals surface area contributed by atoms with Gasteiger partial charge in [-0.2, -0.15) is 5.26 Å². The highest BCUT2D eigenvalue weighted by molar-refractivity contribution is 5.94. The molecule has 0 amide bonds. The summed E-state index contributed by atoms with van der Waals surface area (Å²) in [4.78, 5) is 4.87. The maximum absolute atomic E-state index is 9.47. The zero-order valence-electron chi connectivity index (χ0n) is 12.6. The second kappa shape index (κ2) is 4.45. The molecule has 0 unspecified atom stereocenters. The van der Waals surface area contributed by atoms with Crippen molar-refractivity contribution in [2.75, 3.05) is 0 Å². The Balaban J connectivity index is 1.96. The van der Waals surface area contributed by atoms with E-state index in [1.165, 1.54) is 18.6 Å². The third-order valence-corrected chi connectivity index (χ3v) is 6.03. The van der Waals surface area contributed by atoms with Crippen LogP contribution >= 0.6 is 0 Å². The molecule has 2 aliphatic rings. The molecule has 1 aromatic carbocycles. The maximum Gasteiger partial charge on any atom is 0.161 e. The van der Waals surface area contributed by atoms with Crippen molar-refractivity contribution in [1.29, 1.82) is 5.26 Å². The van der Waals surface area contributed by atoms with Gasteiger partial charge in [0.1, 0.15) is 0 Å². The Labute approximate surface area is 121 Å². The van der Waals surface area contributed by atoms with Gasteiger partial charge in [-0.25, -0.2) is 0 Å². The number of hydrogen-bond donors (Lipinski definition) is 0. The molecule has 3 rings (SSSR count). The Hall–Kier alpha value is -1.62. The van der Waals surface area contributed by atoms with Crippen LogP contribution in [0.25, 0.3) is 0 Å². The predicted octanol–water partition coefficient (Wildman–Crippen LogP) is 4.54. The number of nitrogens with zero attached hydrogens (tertiary/aromatic N) is 2. The molecule has 0 spiro atoms. The van der Waals surface area contributed by atoms with Crippen LogP contribution in [0.3, 0.4) is 0 Å². The first-order valence-corrected chi connectivity index (χ1v) is 7.51. The number of hydrogen-bond acceptors (Lipinski definition) is 2. The molecule has 0 heterocycles. The summed E-state index contributed by atoms with van der Waals surface area (Å²) in [6, 6.07) is 11.9. The first-order chi connectivity index (χ1) is 9.49. The van der Waals surface area contributed by atoms with E-state index in [2.05, 4.69) is 26.8 Å². The van der Waals surface area contributed by atoms with E-state index < -0.39 is 0 Å². The SMILES string of the molecule is CC1(C)[C@@H]2CC[C@@]1(C)C(=N[C@@H](C#N)c1ccccc1)C2. The number of aliphatic imine (C=N–C) groups is 1. The number of nitriles is 1. The number of benzene rings is 1. The minimum atomic E-state index is -0.349. The van der Waals surface area contributed by atoms with E-state index in [4.69, 9.17) is 4.99 Å². The monoisotopic (exact) mass is 266 g/mol. The lowest BCUT2D eigenvalue weighted by Crippen LogP contribution is -2.32. The minimum Gasteiger partial charge on any atom is -0.270 e. The van der Waals surface area contributed by atoms with Gasteiger partial charge >= 0.3 is 0 Å². The topological polar surface area (TPSA) is 36.1 Å². The molecule has 0 saturated heterocycles. The quantitative estimate of drug-likeness (QED) is 0.774. The van der Waals surface area contributed by atoms with Crippen LogP contribution in [0, 0.1) is 28.1 Å². The summed E-state index contributed by atoms with van der Waals surface area (Å²) in [5.74, 6) is 0.737. The molecule has 2 fully saturated rings. The second-order valence-electron chi connectivity index (χ2n) is 7.01. The van der Waals surface area contributed by atoms with Crippen LogP contribution in [0.4, 0.5) is 0 Å². The average Bonchev–Trinajstić information content (AvgIpc) is 2.78. The molecule has 2 saturated carbocycles. The lowest BCUT2D eigenvalue weighted by atomic mass is 9.70. The van der Waals surface area contributed by atoms with Gasteiger partial charge in [0, 0.05) is 11.1 Å². The normalized spacial score (nSPS) is 34.1. The fraction of sp³-hybridized carbons (Fsp3) is 0.556. The lowest BCUT2D eigenvalue weighted by Gasteiger charge is -2.34. The third-order valence-electron chi connectivity index (χ3n) is 6.03. The van der Waals surface area contributed by atoms with Gasteiger partial charge in [-0.3, -0.25) is 4.99 Å². The van der Waals surface area contributed by atoms with E-state index in [0.717, 1.165) is 17.9 Å². The average molecular weight is 266 g/mol. The van der Waals surface area contributed by atoms with Crippen LogP contribution in [-0.2, 0) is 0 Å². The van der Waals surface area contributed by atoms with Gasteiger partial charge in [0.2, 0.25) is 0 Å². The smallest absolute Gasteiger partial charge is 0.161 e. The Morgan fingerprint density at radius 1 is 1.25 bits per heavy atom. The van der Waals surface area contributed by atoms with Crippen molar-refractivity contribution < 1.29 is 0 Å². The molecular weight excluding hydrogens is 244 g/mol. The highest BCUT2D eigenvalue weighted by Crippen LogP contribution is 2.64. The summed E-state index contributed by atoms with van der Waals surface area (Å²) in [6.45, 7) is 7.09. The molecule has 0 radical (unpaired) electrons. The molecule has 20 heavy (non-hydrogen) atoms. The van der Waals surface area contributed by atoms with Gasteiger partial charge in [0.15, 0.2) is 6.04 Å². The van der Waals surface area contributed by atoms with Crippen LogP contribution in [-0.4, -0.2) is 5.71 Å². The van der Waals surface area contributed by atoms with Crippen LogP contribution in [0.1, 0.15) is 51.6 Å². The summed E-state index contributed by atoms with van der Waals surface area (Å²) < 4.78 is 0. The molecule has 104 valence electrons. The van der Waals surface area contributed by atoms with Gasteiger partial charge in [0.05, 0.1) is 6.07 Å². The third kappa shape index (κ3) is 1.73. The van der Waals surface area contributed by atoms with Crippen molar-refractivity contribution in [1.82, 2.24) is 0 Å². The van der Waals surface area contributed by atoms with Gasteiger partial charge in [-0.1, -0.05) is 51.1 Å². The van der Waals surface area contributed by atoms with E-state index >= 15 is 0 Å². The zero-order chi connectivity index (χ0) is 14.4. The van der Waals surface area contributed by atoms with Crippen molar-refractivity contribution in [2.24, 2.45) is 21.7 Å². The predicted molar refractivity (Wildman–Crippen MR) is 81.5 cm³/mol. The Kier molecular flexibility index (Phi) is 2.97. The summed E-state index contributed by atoms with van der Waals surface area (Å²) in [7, 11) is 0. The largest absolute Gasteiger partial charge is 0.270 e. The highest BCUT2D eigenvalue weighted by atomic mass is 14.9. The molecule has 2 aliphatic carbocycles. The van der Waals surface area contributed by atoms with E-state index in [9.17, 15) is 5.26 Å². The fourth-order valence-electron chi connectivity index (χ4n) is 4.09. The number of fused-ring (bicyclic) bond motifs is 2. The number of rotatable bonds is 2. The zero-order valence-corrected chi connectivity index (χ0v) is 12.6. The van der Waals surface area contributed by atoms with Crippen LogP contribution in [0.2, 0.25) is 0 Å². The molecule has 2 heteroatoms. The molecule has 0 aromatic heterocycles. The maximum atomic E-state index is 9.47. The summed E-state index contributed by atoms with van der Waals surface area (Å²) >= 11 is 0. The summed E-state index contributed by atoms with van der Waals surface area (Å²) in [5.41, 5.74) is 2.78. The van der Waals surface area contributed by atoms with E-state index in [1.807, 2.05) is 30.3 Å². The van der Waals surface area contributed by atoms with E-state index in [0.29, 0.717) is 5.41 Å². The van der Waals surface area contributed by atoms with Crippen molar-refractivity contribution >= 4 is 5.71 Å². The second-order valence-corrected chi connectivity index (χ2v) is 7.01. The van der Waals surface area contributed by atoms with Gasteiger partial charge in [-0.05, 0) is 36.2 Å². The first-order valence-electron chi connectivity index (χ1n) is 7.51. The van der Waals surface area contributed by atoms with Gasteiger partial charge < -0.3 is 0 Å². The van der Waals surface area contributed by atoms with E-state index in [1.54, 1.807) is 0 Å². The van der Waals surface area contributed by atoms with Crippen LogP contribution in [0.15, 0.2) is 35.3 Å². The van der Waals surface area contributed by atoms with Crippen molar-refractivity contribution in [3.8, 4) is 6.07 Å². The Morgan fingerprint density at radius 3 is 2.45 bits per heavy atom. The van der Waals surface area contributed by atoms with Gasteiger partial charge in [-0.15, -0.1) is 0 Å². The summed E-state index contributed by atoms with van der Waals surface area (Å²) in [6.07, 6.45) is 3.61. The molecule has 0 N–H and O–H groups in total. The Bertz CT molecular complexity index is 579. The fourth-order valence-corrected chi connectivity index (χ4v) is 4.09. The summed E-state index contributed by atoms with van der Waals surface area (Å²) in [5, 5.41) is 9.47. The van der Waals surface area contributed by atoms with Crippen molar-refractivity contribution in [2.45, 2.75) is 46.1 Å². The standard InChI is InChI=1S/C18H22N2/c1-17(2)14-9-10-18(17,3)16(11-14)20-15(12-19)13-7-5-4-6-8-13/h4-8,14-15H,9-11H2,1-3H3/t14-,15+,18+/m1/s1. The molecule has 1 aromatic rings. The van der Waals surface area contributed by atoms with Crippen molar-refractivity contribution in [3.05, 3.63) is 35.9 Å². The van der Waals surface area contributed by atoms with Crippen LogP contribution < -0.4 is 0 Å². The minimum absolute atomic E-state index is 0.182. The molecule has 3 atom stereocenters. The first kappa shape index (κ1) is 13.4. The van der Waals surface area contributed by atoms with Gasteiger partial charge in [0.25, 0.3) is 0 Å². The highest BCUT2D eigenvalue weighted by Gasteiger charge is 2.59. The molecule has 2 bridgehead atoms.